The van der Waals surface area contributed by atoms with E-state index in [0.717, 1.165) is 9.47 Å². The summed E-state index contributed by atoms with van der Waals surface area (Å²) in [4.78, 5) is 23.7. The van der Waals surface area contributed by atoms with Gasteiger partial charge in [0.25, 0.3) is 0 Å². The average molecular weight is 405 g/mol. The zero-order valence-electron chi connectivity index (χ0n) is 15.5. The lowest BCUT2D eigenvalue weighted by atomic mass is 9.96. The Labute approximate surface area is 167 Å². The Hall–Kier alpha value is -1.93. The van der Waals surface area contributed by atoms with Gasteiger partial charge in [-0.3, -0.25) is 9.59 Å². The molecule has 0 saturated heterocycles. The fourth-order valence-corrected chi connectivity index (χ4v) is 5.15. The molecular formula is C19H24N4O2S2. The van der Waals surface area contributed by atoms with Crippen LogP contribution < -0.4 is 10.6 Å². The van der Waals surface area contributed by atoms with Gasteiger partial charge in [-0.05, 0) is 44.0 Å². The second-order valence-electron chi connectivity index (χ2n) is 6.74. The second-order valence-corrected chi connectivity index (χ2v) is 9.30. The first-order valence-electron chi connectivity index (χ1n) is 9.20. The van der Waals surface area contributed by atoms with Crippen LogP contribution in [-0.2, 0) is 4.79 Å². The Morgan fingerprint density at radius 2 is 1.85 bits per heavy atom. The van der Waals surface area contributed by atoms with Gasteiger partial charge in [-0.15, -0.1) is 10.2 Å². The van der Waals surface area contributed by atoms with E-state index in [1.165, 1.54) is 62.1 Å². The summed E-state index contributed by atoms with van der Waals surface area (Å²) < 4.78 is 0.795. The van der Waals surface area contributed by atoms with Crippen molar-refractivity contribution < 1.29 is 9.59 Å². The maximum absolute atomic E-state index is 12.6. The van der Waals surface area contributed by atoms with Gasteiger partial charge in [-0.2, -0.15) is 0 Å². The van der Waals surface area contributed by atoms with Crippen LogP contribution in [0.1, 0.15) is 56.3 Å². The van der Waals surface area contributed by atoms with Crippen molar-refractivity contribution in [3.05, 3.63) is 29.8 Å². The van der Waals surface area contributed by atoms with Crippen LogP contribution in [-0.4, -0.2) is 33.2 Å². The number of aromatic nitrogens is 2. The zero-order valence-corrected chi connectivity index (χ0v) is 17.2. The first-order chi connectivity index (χ1) is 13.0. The lowest BCUT2D eigenvalue weighted by Gasteiger charge is -2.21. The SMILES string of the molecule is CC(=O)Nc1ccc(C(=O)C(C)Sc2nnc(NC3CCCCC3)s2)cc1. The van der Waals surface area contributed by atoms with Crippen molar-refractivity contribution in [3.8, 4) is 0 Å². The molecule has 1 unspecified atom stereocenters. The average Bonchev–Trinajstić information content (AvgIpc) is 3.09. The zero-order chi connectivity index (χ0) is 19.2. The van der Waals surface area contributed by atoms with Crippen LogP contribution in [0.4, 0.5) is 10.8 Å². The number of hydrogen-bond donors (Lipinski definition) is 2. The highest BCUT2D eigenvalue weighted by atomic mass is 32.2. The van der Waals surface area contributed by atoms with E-state index in [-0.39, 0.29) is 16.9 Å². The van der Waals surface area contributed by atoms with Crippen molar-refractivity contribution in [2.75, 3.05) is 10.6 Å². The van der Waals surface area contributed by atoms with Gasteiger partial charge in [0.05, 0.1) is 5.25 Å². The van der Waals surface area contributed by atoms with Gasteiger partial charge < -0.3 is 10.6 Å². The predicted molar refractivity (Wildman–Crippen MR) is 111 cm³/mol. The largest absolute Gasteiger partial charge is 0.357 e. The fourth-order valence-electron chi connectivity index (χ4n) is 3.10. The molecule has 27 heavy (non-hydrogen) atoms. The van der Waals surface area contributed by atoms with Crippen LogP contribution in [0.2, 0.25) is 0 Å². The number of thioether (sulfide) groups is 1. The molecule has 2 N–H and O–H groups in total. The minimum Gasteiger partial charge on any atom is -0.357 e. The van der Waals surface area contributed by atoms with Crippen molar-refractivity contribution in [2.24, 2.45) is 0 Å². The van der Waals surface area contributed by atoms with Gasteiger partial charge in [0.15, 0.2) is 10.1 Å². The topological polar surface area (TPSA) is 84.0 Å². The molecule has 1 atom stereocenters. The minimum absolute atomic E-state index is 0.0337. The molecule has 1 fully saturated rings. The fraction of sp³-hybridized carbons (Fsp3) is 0.474. The molecule has 1 aromatic heterocycles. The highest BCUT2D eigenvalue weighted by Gasteiger charge is 2.20. The molecule has 6 nitrogen and oxygen atoms in total. The Morgan fingerprint density at radius 1 is 1.15 bits per heavy atom. The van der Waals surface area contributed by atoms with Crippen molar-refractivity contribution >= 4 is 45.6 Å². The molecule has 0 spiro atoms. The number of Topliss-reactive ketones (excluding diaryl/α,β-unsaturated/α-hetero) is 1. The highest BCUT2D eigenvalue weighted by molar-refractivity contribution is 8.02. The Kier molecular flexibility index (Phi) is 6.84. The van der Waals surface area contributed by atoms with E-state index < -0.39 is 0 Å². The highest BCUT2D eigenvalue weighted by Crippen LogP contribution is 2.32. The molecule has 1 aliphatic carbocycles. The summed E-state index contributed by atoms with van der Waals surface area (Å²) in [5, 5.41) is 15.2. The second kappa shape index (κ2) is 9.32. The quantitative estimate of drug-likeness (QED) is 0.518. The van der Waals surface area contributed by atoms with Gasteiger partial charge in [-0.1, -0.05) is 42.4 Å². The third kappa shape index (κ3) is 5.77. The van der Waals surface area contributed by atoms with E-state index in [0.29, 0.717) is 17.3 Å². The van der Waals surface area contributed by atoms with Gasteiger partial charge in [-0.25, -0.2) is 0 Å². The molecule has 0 aliphatic heterocycles. The number of ketones is 1. The van der Waals surface area contributed by atoms with Crippen LogP contribution in [0, 0.1) is 0 Å². The number of rotatable bonds is 7. The standard InChI is InChI=1S/C19H24N4O2S2/c1-12(17(25)14-8-10-16(11-9-14)20-13(2)24)26-19-23-22-18(27-19)21-15-6-4-3-5-7-15/h8-12,15H,3-7H2,1-2H3,(H,20,24)(H,21,22). The number of carbonyl (C=O) groups is 2. The van der Waals surface area contributed by atoms with Gasteiger partial charge in [0.2, 0.25) is 11.0 Å². The molecule has 3 rings (SSSR count). The maximum atomic E-state index is 12.6. The molecule has 144 valence electrons. The van der Waals surface area contributed by atoms with E-state index in [4.69, 9.17) is 0 Å². The molecule has 8 heteroatoms. The predicted octanol–water partition coefficient (Wildman–Crippen LogP) is 4.60. The minimum atomic E-state index is -0.257. The van der Waals surface area contributed by atoms with E-state index in [9.17, 15) is 9.59 Å². The number of anilines is 2. The normalized spacial score (nSPS) is 15.9. The van der Waals surface area contributed by atoms with Crippen LogP contribution in [0.25, 0.3) is 0 Å². The summed E-state index contributed by atoms with van der Waals surface area (Å²) in [6.45, 7) is 3.33. The van der Waals surface area contributed by atoms with Gasteiger partial charge in [0, 0.05) is 24.2 Å². The number of hydrogen-bond acceptors (Lipinski definition) is 7. The third-order valence-corrected chi connectivity index (χ3v) is 6.51. The molecule has 1 saturated carbocycles. The summed E-state index contributed by atoms with van der Waals surface area (Å²) in [5.74, 6) is -0.0988. The molecule has 1 aliphatic rings. The summed E-state index contributed by atoms with van der Waals surface area (Å²) in [5.41, 5.74) is 1.30. The van der Waals surface area contributed by atoms with Crippen LogP contribution in [0.15, 0.2) is 28.6 Å². The molecule has 0 bridgehead atoms. The lowest BCUT2D eigenvalue weighted by molar-refractivity contribution is -0.114. The first-order valence-corrected chi connectivity index (χ1v) is 10.9. The number of nitrogens with zero attached hydrogens (tertiary/aromatic N) is 2. The Balaban J connectivity index is 1.55. The third-order valence-electron chi connectivity index (χ3n) is 4.48. The van der Waals surface area contributed by atoms with Crippen molar-refractivity contribution in [3.63, 3.8) is 0 Å². The molecule has 0 radical (unpaired) electrons. The van der Waals surface area contributed by atoms with E-state index in [2.05, 4.69) is 20.8 Å². The molecular weight excluding hydrogens is 380 g/mol. The van der Waals surface area contributed by atoms with Crippen molar-refractivity contribution in [1.29, 1.82) is 0 Å². The van der Waals surface area contributed by atoms with Gasteiger partial charge >= 0.3 is 0 Å². The Morgan fingerprint density at radius 3 is 2.52 bits per heavy atom. The smallest absolute Gasteiger partial charge is 0.221 e. The van der Waals surface area contributed by atoms with Gasteiger partial charge in [0.1, 0.15) is 0 Å². The Bertz CT molecular complexity index is 785. The summed E-state index contributed by atoms with van der Waals surface area (Å²) >= 11 is 2.94. The van der Waals surface area contributed by atoms with Crippen LogP contribution in [0.3, 0.4) is 0 Å². The maximum Gasteiger partial charge on any atom is 0.221 e. The molecule has 1 heterocycles. The number of nitrogens with one attached hydrogen (secondary N) is 2. The summed E-state index contributed by atoms with van der Waals surface area (Å²) in [6, 6.07) is 7.44. The molecule has 1 aromatic carbocycles. The van der Waals surface area contributed by atoms with E-state index in [1.807, 2.05) is 6.92 Å². The summed E-state index contributed by atoms with van der Waals surface area (Å²) in [7, 11) is 0. The first kappa shape index (κ1) is 19.8. The summed E-state index contributed by atoms with van der Waals surface area (Å²) in [6.07, 6.45) is 6.23. The van der Waals surface area contributed by atoms with E-state index in [1.54, 1.807) is 24.3 Å². The number of amides is 1. The van der Waals surface area contributed by atoms with Crippen LogP contribution >= 0.6 is 23.1 Å². The number of benzene rings is 1. The van der Waals surface area contributed by atoms with Crippen molar-refractivity contribution in [1.82, 2.24) is 10.2 Å². The lowest BCUT2D eigenvalue weighted by Crippen LogP contribution is -2.21. The monoisotopic (exact) mass is 404 g/mol. The van der Waals surface area contributed by atoms with Crippen LogP contribution in [0.5, 0.6) is 0 Å². The number of carbonyl (C=O) groups excluding carboxylic acids is 2. The van der Waals surface area contributed by atoms with E-state index >= 15 is 0 Å². The molecule has 2 aromatic rings. The van der Waals surface area contributed by atoms with Crippen molar-refractivity contribution in [2.45, 2.75) is 61.6 Å². The molecule has 1 amide bonds.